The van der Waals surface area contributed by atoms with Crippen molar-refractivity contribution < 1.29 is 9.47 Å². The minimum absolute atomic E-state index is 0.0313. The molecule has 0 fully saturated rings. The highest BCUT2D eigenvalue weighted by atomic mass is 32.1. The van der Waals surface area contributed by atoms with Gasteiger partial charge in [-0.05, 0) is 38.7 Å². The molecule has 1 aliphatic rings. The third-order valence-corrected chi connectivity index (χ3v) is 4.94. The first-order valence-electron chi connectivity index (χ1n) is 8.47. The Kier molecular flexibility index (Phi) is 6.74. The predicted molar refractivity (Wildman–Crippen MR) is 94.3 cm³/mol. The maximum absolute atomic E-state index is 12.7. The van der Waals surface area contributed by atoms with Crippen LogP contribution in [0, 0.1) is 0 Å². The van der Waals surface area contributed by atoms with Gasteiger partial charge in [-0.15, -0.1) is 11.3 Å². The maximum atomic E-state index is 12.7. The number of ether oxygens (including phenoxy) is 2. The molecule has 0 bridgehead atoms. The summed E-state index contributed by atoms with van der Waals surface area (Å²) in [6.07, 6.45) is 4.43. The topological polar surface area (TPSA) is 53.4 Å². The van der Waals surface area contributed by atoms with Crippen molar-refractivity contribution >= 4 is 21.6 Å². The summed E-state index contributed by atoms with van der Waals surface area (Å²) in [7, 11) is 0. The Morgan fingerprint density at radius 3 is 2.61 bits per heavy atom. The quantitative estimate of drug-likeness (QED) is 0.758. The zero-order valence-corrected chi connectivity index (χ0v) is 15.2. The van der Waals surface area contributed by atoms with E-state index in [0.717, 1.165) is 29.5 Å². The molecule has 0 aliphatic heterocycles. The predicted octanol–water partition coefficient (Wildman–Crippen LogP) is 3.37. The summed E-state index contributed by atoms with van der Waals surface area (Å²) in [5, 5.41) is 0.807. The van der Waals surface area contributed by atoms with E-state index in [1.807, 2.05) is 27.7 Å². The van der Waals surface area contributed by atoms with Gasteiger partial charge in [0.15, 0.2) is 6.29 Å². The van der Waals surface area contributed by atoms with Crippen LogP contribution >= 0.6 is 11.3 Å². The summed E-state index contributed by atoms with van der Waals surface area (Å²) < 4.78 is 12.7. The second-order valence-electron chi connectivity index (χ2n) is 5.08. The molecule has 3 rings (SSSR count). The summed E-state index contributed by atoms with van der Waals surface area (Å²) in [5.74, 6) is 0. The number of thiophene rings is 1. The van der Waals surface area contributed by atoms with Crippen LogP contribution in [0.5, 0.6) is 0 Å². The number of aromatic nitrogens is 2. The highest BCUT2D eigenvalue weighted by Crippen LogP contribution is 2.34. The van der Waals surface area contributed by atoms with E-state index >= 15 is 0 Å². The molecule has 0 atom stereocenters. The number of nitrogens with zero attached hydrogens (tertiary/aromatic N) is 2. The highest BCUT2D eigenvalue weighted by molar-refractivity contribution is 7.18. The molecule has 2 aromatic heterocycles. The first-order chi connectivity index (χ1) is 11.2. The lowest BCUT2D eigenvalue weighted by atomic mass is 10.2. The first kappa shape index (κ1) is 18.1. The lowest BCUT2D eigenvalue weighted by molar-refractivity contribution is -0.144. The molecule has 5 nitrogen and oxygen atoms in total. The number of fused-ring (bicyclic) bond motifs is 3. The van der Waals surface area contributed by atoms with Crippen LogP contribution in [0.4, 0.5) is 0 Å². The fraction of sp³-hybridized carbons (Fsp3) is 0.647. The second kappa shape index (κ2) is 8.57. The van der Waals surface area contributed by atoms with Crippen molar-refractivity contribution in [1.29, 1.82) is 0 Å². The third kappa shape index (κ3) is 3.82. The van der Waals surface area contributed by atoms with Gasteiger partial charge in [-0.25, -0.2) is 4.98 Å². The molecular formula is C17H26N2O3S. The highest BCUT2D eigenvalue weighted by Gasteiger charge is 2.22. The van der Waals surface area contributed by atoms with Crippen molar-refractivity contribution in [3.8, 4) is 0 Å². The molecule has 0 unspecified atom stereocenters. The lowest BCUT2D eigenvalue weighted by Crippen LogP contribution is -2.30. The van der Waals surface area contributed by atoms with Gasteiger partial charge in [0, 0.05) is 18.1 Å². The zero-order chi connectivity index (χ0) is 16.8. The fourth-order valence-electron chi connectivity index (χ4n) is 2.84. The molecule has 0 radical (unpaired) electrons. The van der Waals surface area contributed by atoms with E-state index in [1.54, 1.807) is 22.2 Å². The van der Waals surface area contributed by atoms with Gasteiger partial charge in [0.2, 0.25) is 0 Å². The molecule has 23 heavy (non-hydrogen) atoms. The molecule has 1 aliphatic carbocycles. The minimum atomic E-state index is -0.399. The fourth-order valence-corrected chi connectivity index (χ4v) is 4.06. The van der Waals surface area contributed by atoms with Gasteiger partial charge in [0.25, 0.3) is 5.56 Å². The third-order valence-electron chi connectivity index (χ3n) is 3.74. The molecule has 0 saturated heterocycles. The van der Waals surface area contributed by atoms with Crippen LogP contribution in [0.15, 0.2) is 11.1 Å². The summed E-state index contributed by atoms with van der Waals surface area (Å²) in [4.78, 5) is 19.4. The maximum Gasteiger partial charge on any atom is 0.262 e. The Morgan fingerprint density at radius 2 is 1.96 bits per heavy atom. The summed E-state index contributed by atoms with van der Waals surface area (Å²) >= 11 is 1.66. The molecule has 0 N–H and O–H groups in total. The van der Waals surface area contributed by atoms with E-state index in [-0.39, 0.29) is 5.56 Å². The number of hydrogen-bond donors (Lipinski definition) is 0. The molecular weight excluding hydrogens is 312 g/mol. The Hall–Kier alpha value is -1.24. The van der Waals surface area contributed by atoms with Gasteiger partial charge >= 0.3 is 0 Å². The average Bonchev–Trinajstić information content (AvgIpc) is 3.13. The summed E-state index contributed by atoms with van der Waals surface area (Å²) in [5.41, 5.74) is 1.25. The first-order valence-corrected chi connectivity index (χ1v) is 9.29. The molecule has 0 spiro atoms. The van der Waals surface area contributed by atoms with E-state index in [0.29, 0.717) is 19.8 Å². The molecule has 0 saturated carbocycles. The van der Waals surface area contributed by atoms with Crippen LogP contribution in [0.2, 0.25) is 0 Å². The van der Waals surface area contributed by atoms with E-state index in [2.05, 4.69) is 4.98 Å². The summed E-state index contributed by atoms with van der Waals surface area (Å²) in [6.45, 7) is 9.34. The Labute approximate surface area is 141 Å². The van der Waals surface area contributed by atoms with E-state index < -0.39 is 6.29 Å². The Morgan fingerprint density at radius 1 is 1.26 bits per heavy atom. The largest absolute Gasteiger partial charge is 0.351 e. The molecule has 128 valence electrons. The van der Waals surface area contributed by atoms with Crippen LogP contribution in [-0.4, -0.2) is 29.1 Å². The van der Waals surface area contributed by atoms with Gasteiger partial charge in [-0.1, -0.05) is 13.8 Å². The number of hydrogen-bond acceptors (Lipinski definition) is 5. The molecule has 2 heterocycles. The molecule has 0 amide bonds. The van der Waals surface area contributed by atoms with Crippen LogP contribution in [0.1, 0.15) is 44.6 Å². The van der Waals surface area contributed by atoms with E-state index in [4.69, 9.17) is 9.47 Å². The van der Waals surface area contributed by atoms with E-state index in [9.17, 15) is 4.79 Å². The SMILES string of the molecule is CC.CCOC(Cn1cnc2sc3c(c2c1=O)CCC3)OCC. The minimum Gasteiger partial charge on any atom is -0.351 e. The Bertz CT molecular complexity index is 687. The van der Waals surface area contributed by atoms with Gasteiger partial charge in [-0.3, -0.25) is 9.36 Å². The average molecular weight is 338 g/mol. The second-order valence-corrected chi connectivity index (χ2v) is 6.16. The van der Waals surface area contributed by atoms with Crippen molar-refractivity contribution in [2.75, 3.05) is 13.2 Å². The van der Waals surface area contributed by atoms with Gasteiger partial charge in [-0.2, -0.15) is 0 Å². The van der Waals surface area contributed by atoms with Crippen molar-refractivity contribution in [3.63, 3.8) is 0 Å². The van der Waals surface area contributed by atoms with Crippen LogP contribution in [0.25, 0.3) is 10.2 Å². The molecule has 6 heteroatoms. The van der Waals surface area contributed by atoms with Crippen molar-refractivity contribution in [2.24, 2.45) is 0 Å². The van der Waals surface area contributed by atoms with Gasteiger partial charge < -0.3 is 9.47 Å². The van der Waals surface area contributed by atoms with Crippen LogP contribution in [-0.2, 0) is 28.9 Å². The van der Waals surface area contributed by atoms with Crippen LogP contribution in [0.3, 0.4) is 0 Å². The zero-order valence-electron chi connectivity index (χ0n) is 14.4. The molecule has 2 aromatic rings. The van der Waals surface area contributed by atoms with Gasteiger partial charge in [0.1, 0.15) is 4.83 Å². The molecule has 0 aromatic carbocycles. The van der Waals surface area contributed by atoms with Crippen molar-refractivity contribution in [2.45, 2.75) is 59.8 Å². The number of aryl methyl sites for hydroxylation is 2. The number of rotatable bonds is 6. The monoisotopic (exact) mass is 338 g/mol. The normalized spacial score (nSPS) is 13.3. The van der Waals surface area contributed by atoms with Crippen molar-refractivity contribution in [3.05, 3.63) is 27.1 Å². The van der Waals surface area contributed by atoms with E-state index in [1.165, 1.54) is 10.4 Å². The Balaban J connectivity index is 0.000000924. The summed E-state index contributed by atoms with van der Waals surface area (Å²) in [6, 6.07) is 0. The van der Waals surface area contributed by atoms with Gasteiger partial charge in [0.05, 0.1) is 18.3 Å². The smallest absolute Gasteiger partial charge is 0.262 e. The lowest BCUT2D eigenvalue weighted by Gasteiger charge is -2.17. The standard InChI is InChI=1S/C15H20N2O3S.C2H6/c1-3-19-12(20-4-2)8-17-9-16-14-13(15(17)18)10-6-5-7-11(10)21-14;1-2/h9,12H,3-8H2,1-2H3;1-2H3. The van der Waals surface area contributed by atoms with Crippen molar-refractivity contribution in [1.82, 2.24) is 9.55 Å². The van der Waals surface area contributed by atoms with Crippen LogP contribution < -0.4 is 5.56 Å².